The summed E-state index contributed by atoms with van der Waals surface area (Å²) in [5, 5.41) is 10.5. The highest BCUT2D eigenvalue weighted by Crippen LogP contribution is 2.34. The van der Waals surface area contributed by atoms with Crippen LogP contribution in [0.25, 0.3) is 0 Å². The van der Waals surface area contributed by atoms with Crippen molar-refractivity contribution in [3.05, 3.63) is 21.9 Å². The Kier molecular flexibility index (Phi) is 2.98. The first kappa shape index (κ1) is 11.1. The summed E-state index contributed by atoms with van der Waals surface area (Å²) in [5.74, 6) is -0.187. The minimum atomic E-state index is -3.08. The minimum absolute atomic E-state index is 0.187. The molecule has 6 nitrogen and oxygen atoms in total. The fourth-order valence-corrected chi connectivity index (χ4v) is 1.01. The zero-order chi connectivity index (χ0) is 11.6. The number of hydrogen-bond donors (Lipinski definition) is 1. The van der Waals surface area contributed by atoms with Crippen molar-refractivity contribution in [2.75, 3.05) is 12.8 Å². The Labute approximate surface area is 82.8 Å². The van der Waals surface area contributed by atoms with Gasteiger partial charge in [-0.15, -0.1) is 0 Å². The molecule has 0 aliphatic heterocycles. The molecule has 0 bridgehead atoms. The van der Waals surface area contributed by atoms with Crippen LogP contribution < -0.4 is 10.5 Å². The van der Waals surface area contributed by atoms with Gasteiger partial charge >= 0.3 is 5.69 Å². The first-order chi connectivity index (χ1) is 6.97. The van der Waals surface area contributed by atoms with E-state index in [2.05, 4.69) is 9.72 Å². The minimum Gasteiger partial charge on any atom is -0.481 e. The number of methoxy groups -OCH3 is 1. The Morgan fingerprint density at radius 3 is 2.67 bits per heavy atom. The molecule has 0 aliphatic rings. The number of alkyl halides is 2. The second kappa shape index (κ2) is 4.03. The summed E-state index contributed by atoms with van der Waals surface area (Å²) in [7, 11) is 1.20. The number of ether oxygens (including phenoxy) is 1. The van der Waals surface area contributed by atoms with Crippen molar-refractivity contribution >= 4 is 11.4 Å². The van der Waals surface area contributed by atoms with Crippen molar-refractivity contribution in [2.24, 2.45) is 0 Å². The fourth-order valence-electron chi connectivity index (χ4n) is 1.01. The summed E-state index contributed by atoms with van der Waals surface area (Å²) < 4.78 is 29.4. The van der Waals surface area contributed by atoms with E-state index in [1.165, 1.54) is 7.11 Å². The first-order valence-electron chi connectivity index (χ1n) is 3.74. The van der Waals surface area contributed by atoms with Gasteiger partial charge in [-0.1, -0.05) is 0 Å². The van der Waals surface area contributed by atoms with Crippen molar-refractivity contribution < 1.29 is 18.4 Å². The molecule has 0 saturated carbocycles. The predicted molar refractivity (Wildman–Crippen MR) is 46.8 cm³/mol. The maximum absolute atomic E-state index is 12.4. The molecular formula is C7H7F2N3O3. The zero-order valence-electron chi connectivity index (χ0n) is 7.61. The number of anilines is 1. The van der Waals surface area contributed by atoms with Crippen LogP contribution in [0.2, 0.25) is 0 Å². The van der Waals surface area contributed by atoms with Gasteiger partial charge in [-0.2, -0.15) is 0 Å². The number of nitrogen functional groups attached to an aromatic ring is 1. The van der Waals surface area contributed by atoms with Gasteiger partial charge in [0.25, 0.3) is 6.43 Å². The normalized spacial score (nSPS) is 10.4. The molecule has 82 valence electrons. The molecule has 0 radical (unpaired) electrons. The Hall–Kier alpha value is -1.99. The van der Waals surface area contributed by atoms with Crippen LogP contribution in [0.15, 0.2) is 6.07 Å². The van der Waals surface area contributed by atoms with Gasteiger partial charge in [0.15, 0.2) is 5.69 Å². The highest BCUT2D eigenvalue weighted by atomic mass is 19.3. The molecule has 0 saturated heterocycles. The van der Waals surface area contributed by atoms with E-state index in [0.29, 0.717) is 0 Å². The van der Waals surface area contributed by atoms with E-state index in [1.54, 1.807) is 0 Å². The predicted octanol–water partition coefficient (Wildman–Crippen LogP) is 1.52. The molecule has 1 heterocycles. The van der Waals surface area contributed by atoms with Gasteiger partial charge in [0, 0.05) is 6.07 Å². The Balaban J connectivity index is 3.42. The lowest BCUT2D eigenvalue weighted by atomic mass is 10.2. The van der Waals surface area contributed by atoms with Crippen molar-refractivity contribution in [3.63, 3.8) is 0 Å². The van der Waals surface area contributed by atoms with E-state index in [4.69, 9.17) is 5.73 Å². The Morgan fingerprint density at radius 2 is 2.27 bits per heavy atom. The smallest absolute Gasteiger partial charge is 0.319 e. The van der Waals surface area contributed by atoms with E-state index in [0.717, 1.165) is 6.07 Å². The van der Waals surface area contributed by atoms with Crippen LogP contribution in [-0.4, -0.2) is 17.0 Å². The van der Waals surface area contributed by atoms with E-state index in [-0.39, 0.29) is 5.88 Å². The number of nitrogens with two attached hydrogens (primary N) is 1. The molecule has 0 unspecified atom stereocenters. The summed E-state index contributed by atoms with van der Waals surface area (Å²) in [6, 6.07) is 1.02. The SMILES string of the molecule is COc1cc(N)c([N+](=O)[O-])c(C(F)F)n1. The number of aromatic nitrogens is 1. The topological polar surface area (TPSA) is 91.3 Å². The molecule has 1 aromatic heterocycles. The molecule has 0 aromatic carbocycles. The van der Waals surface area contributed by atoms with Crippen LogP contribution in [0.5, 0.6) is 5.88 Å². The molecule has 15 heavy (non-hydrogen) atoms. The highest BCUT2D eigenvalue weighted by molar-refractivity contribution is 5.62. The third kappa shape index (κ3) is 2.09. The van der Waals surface area contributed by atoms with Crippen molar-refractivity contribution in [2.45, 2.75) is 6.43 Å². The molecule has 0 atom stereocenters. The number of rotatable bonds is 3. The summed E-state index contributed by atoms with van der Waals surface area (Å²) >= 11 is 0. The average Bonchev–Trinajstić information content (AvgIpc) is 2.15. The van der Waals surface area contributed by atoms with Gasteiger partial charge in [0.1, 0.15) is 5.69 Å². The van der Waals surface area contributed by atoms with E-state index in [1.807, 2.05) is 0 Å². The maximum atomic E-state index is 12.4. The van der Waals surface area contributed by atoms with Gasteiger partial charge in [0.05, 0.1) is 12.0 Å². The van der Waals surface area contributed by atoms with Gasteiger partial charge in [-0.25, -0.2) is 13.8 Å². The van der Waals surface area contributed by atoms with Gasteiger partial charge in [-0.3, -0.25) is 10.1 Å². The second-order valence-electron chi connectivity index (χ2n) is 2.55. The van der Waals surface area contributed by atoms with Crippen molar-refractivity contribution in [1.29, 1.82) is 0 Å². The summed E-state index contributed by atoms with van der Waals surface area (Å²) in [5.41, 5.74) is 2.97. The summed E-state index contributed by atoms with van der Waals surface area (Å²) in [4.78, 5) is 12.7. The van der Waals surface area contributed by atoms with E-state index < -0.39 is 28.4 Å². The lowest BCUT2D eigenvalue weighted by Gasteiger charge is -2.06. The average molecular weight is 219 g/mol. The third-order valence-electron chi connectivity index (χ3n) is 1.62. The molecule has 1 rings (SSSR count). The lowest BCUT2D eigenvalue weighted by Crippen LogP contribution is -2.05. The van der Waals surface area contributed by atoms with Crippen molar-refractivity contribution in [3.8, 4) is 5.88 Å². The molecule has 0 fully saturated rings. The number of nitro groups is 1. The van der Waals surface area contributed by atoms with Crippen molar-refractivity contribution in [1.82, 2.24) is 4.98 Å². The number of hydrogen-bond acceptors (Lipinski definition) is 5. The fraction of sp³-hybridized carbons (Fsp3) is 0.286. The number of nitrogens with zero attached hydrogens (tertiary/aromatic N) is 2. The van der Waals surface area contributed by atoms with Gasteiger partial charge < -0.3 is 10.5 Å². The number of halogens is 2. The first-order valence-corrected chi connectivity index (χ1v) is 3.74. The standard InChI is InChI=1S/C7H7F2N3O3/c1-15-4-2-3(10)6(12(13)14)5(11-4)7(8)9/h2,7H,1H3,(H2,10,11). The van der Waals surface area contributed by atoms with Gasteiger partial charge in [0.2, 0.25) is 5.88 Å². The summed E-state index contributed by atoms with van der Waals surface area (Å²) in [6.45, 7) is 0. The Bertz CT molecular complexity index is 397. The summed E-state index contributed by atoms with van der Waals surface area (Å²) in [6.07, 6.45) is -3.08. The van der Waals surface area contributed by atoms with E-state index in [9.17, 15) is 18.9 Å². The lowest BCUT2D eigenvalue weighted by molar-refractivity contribution is -0.385. The highest BCUT2D eigenvalue weighted by Gasteiger charge is 2.27. The third-order valence-corrected chi connectivity index (χ3v) is 1.62. The molecule has 8 heteroatoms. The molecule has 0 aliphatic carbocycles. The molecular weight excluding hydrogens is 212 g/mol. The Morgan fingerprint density at radius 1 is 1.67 bits per heavy atom. The largest absolute Gasteiger partial charge is 0.481 e. The molecule has 0 spiro atoms. The van der Waals surface area contributed by atoms with Crippen LogP contribution in [0.1, 0.15) is 12.1 Å². The molecule has 1 aromatic rings. The van der Waals surface area contributed by atoms with Crippen LogP contribution in [0, 0.1) is 10.1 Å². The second-order valence-corrected chi connectivity index (χ2v) is 2.55. The maximum Gasteiger partial charge on any atom is 0.319 e. The monoisotopic (exact) mass is 219 g/mol. The van der Waals surface area contributed by atoms with Crippen LogP contribution >= 0.6 is 0 Å². The van der Waals surface area contributed by atoms with E-state index >= 15 is 0 Å². The molecule has 0 amide bonds. The van der Waals surface area contributed by atoms with Crippen LogP contribution in [0.3, 0.4) is 0 Å². The zero-order valence-corrected chi connectivity index (χ0v) is 7.61. The quantitative estimate of drug-likeness (QED) is 0.614. The van der Waals surface area contributed by atoms with Crippen LogP contribution in [-0.2, 0) is 0 Å². The molecule has 2 N–H and O–H groups in total. The number of pyridine rings is 1. The van der Waals surface area contributed by atoms with Gasteiger partial charge in [-0.05, 0) is 0 Å². The van der Waals surface area contributed by atoms with Crippen LogP contribution in [0.4, 0.5) is 20.2 Å².